The molecule has 1 aliphatic carbocycles. The first-order valence-corrected chi connectivity index (χ1v) is 8.70. The molecular formula is C17H23N5O2. The molecule has 0 spiro atoms. The lowest BCUT2D eigenvalue weighted by molar-refractivity contribution is -0.0374. The highest BCUT2D eigenvalue weighted by molar-refractivity contribution is 5.33. The Morgan fingerprint density at radius 2 is 2.12 bits per heavy atom. The van der Waals surface area contributed by atoms with E-state index in [0.29, 0.717) is 18.5 Å². The Balaban J connectivity index is 1.42. The maximum atomic E-state index is 6.25. The van der Waals surface area contributed by atoms with Crippen LogP contribution in [0.4, 0.5) is 0 Å². The molecule has 1 saturated carbocycles. The van der Waals surface area contributed by atoms with Crippen LogP contribution in [0.15, 0.2) is 24.3 Å². The third kappa shape index (κ3) is 3.57. The van der Waals surface area contributed by atoms with Crippen molar-refractivity contribution in [3.63, 3.8) is 0 Å². The van der Waals surface area contributed by atoms with Crippen LogP contribution >= 0.6 is 0 Å². The maximum absolute atomic E-state index is 6.25. The highest BCUT2D eigenvalue weighted by atomic mass is 16.5. The summed E-state index contributed by atoms with van der Waals surface area (Å²) in [5.41, 5.74) is 1.23. The molecule has 1 atom stereocenters. The van der Waals surface area contributed by atoms with Gasteiger partial charge in [0.1, 0.15) is 11.9 Å². The molecule has 1 aromatic carbocycles. The minimum absolute atomic E-state index is 0.125. The number of hydrogen-bond donors (Lipinski definition) is 1. The Hall–Kier alpha value is -1.99. The summed E-state index contributed by atoms with van der Waals surface area (Å²) in [6.45, 7) is 3.18. The van der Waals surface area contributed by atoms with E-state index in [0.717, 1.165) is 25.4 Å². The summed E-state index contributed by atoms with van der Waals surface area (Å²) in [6, 6.07) is 8.37. The number of aromatic nitrogens is 4. The molecule has 1 unspecified atom stereocenters. The number of para-hydroxylation sites is 1. The van der Waals surface area contributed by atoms with Gasteiger partial charge in [0, 0.05) is 25.2 Å². The van der Waals surface area contributed by atoms with E-state index in [1.807, 2.05) is 0 Å². The zero-order chi connectivity index (χ0) is 16.2. The monoisotopic (exact) mass is 329 g/mol. The fourth-order valence-electron chi connectivity index (χ4n) is 3.48. The van der Waals surface area contributed by atoms with Crippen LogP contribution in [0.1, 0.15) is 43.2 Å². The molecule has 2 fully saturated rings. The highest BCUT2D eigenvalue weighted by Crippen LogP contribution is 2.28. The molecule has 1 saturated heterocycles. The number of benzene rings is 1. The molecule has 1 N–H and O–H groups in total. The summed E-state index contributed by atoms with van der Waals surface area (Å²) < 4.78 is 12.0. The van der Waals surface area contributed by atoms with Crippen LogP contribution < -0.4 is 4.74 Å². The van der Waals surface area contributed by atoms with E-state index in [4.69, 9.17) is 9.47 Å². The van der Waals surface area contributed by atoms with E-state index in [2.05, 4.69) is 49.8 Å². The molecule has 0 amide bonds. The second-order valence-electron chi connectivity index (χ2n) is 6.50. The van der Waals surface area contributed by atoms with Crippen molar-refractivity contribution in [2.24, 2.45) is 0 Å². The quantitative estimate of drug-likeness (QED) is 0.905. The Kier molecular flexibility index (Phi) is 4.71. The number of nitrogens with one attached hydrogen (secondary N) is 1. The van der Waals surface area contributed by atoms with Crippen molar-refractivity contribution < 1.29 is 9.47 Å². The molecule has 128 valence electrons. The maximum Gasteiger partial charge on any atom is 0.204 e. The van der Waals surface area contributed by atoms with Crippen molar-refractivity contribution in [2.75, 3.05) is 19.7 Å². The molecule has 0 bridgehead atoms. The molecular weight excluding hydrogens is 306 g/mol. The zero-order valence-corrected chi connectivity index (χ0v) is 13.7. The zero-order valence-electron chi connectivity index (χ0n) is 13.7. The van der Waals surface area contributed by atoms with Gasteiger partial charge in [-0.1, -0.05) is 23.4 Å². The van der Waals surface area contributed by atoms with Gasteiger partial charge >= 0.3 is 0 Å². The third-order valence-corrected chi connectivity index (χ3v) is 4.76. The van der Waals surface area contributed by atoms with Gasteiger partial charge in [0.05, 0.1) is 12.7 Å². The average molecular weight is 329 g/mol. The fourth-order valence-corrected chi connectivity index (χ4v) is 3.48. The number of H-pyrrole nitrogens is 1. The number of morpholine rings is 1. The van der Waals surface area contributed by atoms with E-state index >= 15 is 0 Å². The van der Waals surface area contributed by atoms with E-state index in [1.165, 1.54) is 31.2 Å². The van der Waals surface area contributed by atoms with Crippen molar-refractivity contribution in [1.29, 1.82) is 0 Å². The second kappa shape index (κ2) is 7.27. The number of ether oxygens (including phenoxy) is 2. The van der Waals surface area contributed by atoms with Crippen LogP contribution in [0.5, 0.6) is 5.75 Å². The SMILES string of the molecule is c1ccc(OC2CCCC2)c(CN2CCOC(c3nn[nH]n3)C2)c1. The van der Waals surface area contributed by atoms with Crippen LogP contribution in [-0.2, 0) is 11.3 Å². The molecule has 7 nitrogen and oxygen atoms in total. The van der Waals surface area contributed by atoms with Gasteiger partial charge in [-0.2, -0.15) is 5.21 Å². The Labute approximate surface area is 141 Å². The van der Waals surface area contributed by atoms with Crippen molar-refractivity contribution in [2.45, 2.75) is 44.4 Å². The smallest absolute Gasteiger partial charge is 0.204 e. The minimum atomic E-state index is -0.125. The fraction of sp³-hybridized carbons (Fsp3) is 0.588. The van der Waals surface area contributed by atoms with Gasteiger partial charge < -0.3 is 9.47 Å². The van der Waals surface area contributed by atoms with Gasteiger partial charge in [0.25, 0.3) is 0 Å². The first-order chi connectivity index (χ1) is 11.9. The van der Waals surface area contributed by atoms with E-state index < -0.39 is 0 Å². The van der Waals surface area contributed by atoms with Crippen LogP contribution in [-0.4, -0.2) is 51.3 Å². The minimum Gasteiger partial charge on any atom is -0.490 e. The van der Waals surface area contributed by atoms with Crippen molar-refractivity contribution >= 4 is 0 Å². The van der Waals surface area contributed by atoms with Gasteiger partial charge in [-0.05, 0) is 31.7 Å². The number of hydrogen-bond acceptors (Lipinski definition) is 6. The van der Waals surface area contributed by atoms with Crippen molar-refractivity contribution in [3.8, 4) is 5.75 Å². The summed E-state index contributed by atoms with van der Waals surface area (Å²) in [6.07, 6.45) is 5.16. The molecule has 2 heterocycles. The van der Waals surface area contributed by atoms with Gasteiger partial charge in [-0.3, -0.25) is 4.90 Å². The average Bonchev–Trinajstić information content (AvgIpc) is 3.30. The first-order valence-electron chi connectivity index (χ1n) is 8.70. The summed E-state index contributed by atoms with van der Waals surface area (Å²) in [4.78, 5) is 2.36. The lowest BCUT2D eigenvalue weighted by Gasteiger charge is -2.31. The van der Waals surface area contributed by atoms with Crippen LogP contribution in [0.25, 0.3) is 0 Å². The van der Waals surface area contributed by atoms with E-state index in [1.54, 1.807) is 0 Å². The summed E-state index contributed by atoms with van der Waals surface area (Å²) in [5, 5.41) is 14.2. The first kappa shape index (κ1) is 15.5. The van der Waals surface area contributed by atoms with E-state index in [9.17, 15) is 0 Å². The lowest BCUT2D eigenvalue weighted by Crippen LogP contribution is -2.38. The summed E-state index contributed by atoms with van der Waals surface area (Å²) in [7, 11) is 0. The summed E-state index contributed by atoms with van der Waals surface area (Å²) >= 11 is 0. The van der Waals surface area contributed by atoms with Crippen LogP contribution in [0.2, 0.25) is 0 Å². The Morgan fingerprint density at radius 3 is 2.96 bits per heavy atom. The number of tetrazole rings is 1. The standard InChI is InChI=1S/C17H23N5O2/c1-4-8-15(24-14-6-2-3-7-14)13(5-1)11-22-9-10-23-16(12-22)17-18-20-21-19-17/h1,4-5,8,14,16H,2-3,6-7,9-12H2,(H,18,19,20,21). The predicted octanol–water partition coefficient (Wildman–Crippen LogP) is 2.09. The van der Waals surface area contributed by atoms with Crippen LogP contribution in [0.3, 0.4) is 0 Å². The van der Waals surface area contributed by atoms with Crippen LogP contribution in [0, 0.1) is 0 Å². The number of nitrogens with zero attached hydrogens (tertiary/aromatic N) is 4. The molecule has 24 heavy (non-hydrogen) atoms. The Morgan fingerprint density at radius 1 is 1.25 bits per heavy atom. The molecule has 1 aromatic heterocycles. The van der Waals surface area contributed by atoms with Crippen molar-refractivity contribution in [1.82, 2.24) is 25.5 Å². The summed E-state index contributed by atoms with van der Waals surface area (Å²) in [5.74, 6) is 1.64. The topological polar surface area (TPSA) is 76.2 Å². The molecule has 7 heteroatoms. The lowest BCUT2D eigenvalue weighted by atomic mass is 10.1. The molecule has 1 aliphatic heterocycles. The van der Waals surface area contributed by atoms with Gasteiger partial charge in [0.2, 0.25) is 5.82 Å². The van der Waals surface area contributed by atoms with E-state index in [-0.39, 0.29) is 6.10 Å². The number of aromatic amines is 1. The third-order valence-electron chi connectivity index (χ3n) is 4.76. The predicted molar refractivity (Wildman–Crippen MR) is 87.5 cm³/mol. The van der Waals surface area contributed by atoms with Gasteiger partial charge in [-0.25, -0.2) is 0 Å². The molecule has 4 rings (SSSR count). The highest BCUT2D eigenvalue weighted by Gasteiger charge is 2.26. The normalized spacial score (nSPS) is 22.8. The Bertz CT molecular complexity index is 642. The molecule has 2 aliphatic rings. The van der Waals surface area contributed by atoms with Gasteiger partial charge in [-0.15, -0.1) is 10.2 Å². The second-order valence-corrected chi connectivity index (χ2v) is 6.50. The molecule has 2 aromatic rings. The largest absolute Gasteiger partial charge is 0.490 e. The molecule has 0 radical (unpaired) electrons. The van der Waals surface area contributed by atoms with Crippen molar-refractivity contribution in [3.05, 3.63) is 35.7 Å². The number of rotatable bonds is 5. The van der Waals surface area contributed by atoms with Gasteiger partial charge in [0.15, 0.2) is 0 Å².